The molecule has 2 aromatic rings. The average molecular weight is 202 g/mol. The van der Waals surface area contributed by atoms with E-state index in [0.717, 1.165) is 13.1 Å². The molecule has 15 heavy (non-hydrogen) atoms. The van der Waals surface area contributed by atoms with E-state index in [1.165, 1.54) is 11.3 Å². The fraction of sp³-hybridized carbons (Fsp3) is 0.273. The van der Waals surface area contributed by atoms with Crippen molar-refractivity contribution < 1.29 is 0 Å². The summed E-state index contributed by atoms with van der Waals surface area (Å²) in [6, 6.07) is 4.03. The molecule has 0 aromatic carbocycles. The minimum absolute atomic E-state index is 0.838. The number of nitrogens with one attached hydrogen (secondary N) is 1. The highest BCUT2D eigenvalue weighted by Gasteiger charge is 2.01. The van der Waals surface area contributed by atoms with Gasteiger partial charge in [0.1, 0.15) is 0 Å². The van der Waals surface area contributed by atoms with E-state index >= 15 is 0 Å². The van der Waals surface area contributed by atoms with Gasteiger partial charge in [-0.05, 0) is 24.7 Å². The van der Waals surface area contributed by atoms with Gasteiger partial charge in [0, 0.05) is 31.7 Å². The van der Waals surface area contributed by atoms with Crippen molar-refractivity contribution in [3.63, 3.8) is 0 Å². The molecule has 4 heteroatoms. The number of rotatable bonds is 4. The van der Waals surface area contributed by atoms with Gasteiger partial charge in [-0.1, -0.05) is 0 Å². The quantitative estimate of drug-likeness (QED) is 0.805. The van der Waals surface area contributed by atoms with Gasteiger partial charge in [-0.3, -0.25) is 4.98 Å². The molecule has 0 saturated heterocycles. The number of pyridine rings is 1. The molecule has 2 aromatic heterocycles. The molecular weight excluding hydrogens is 188 g/mol. The maximum atomic E-state index is 4.14. The van der Waals surface area contributed by atoms with E-state index in [0.29, 0.717) is 0 Å². The number of aromatic nitrogens is 3. The molecule has 2 heterocycles. The van der Waals surface area contributed by atoms with E-state index < -0.39 is 0 Å². The van der Waals surface area contributed by atoms with Crippen LogP contribution >= 0.6 is 0 Å². The van der Waals surface area contributed by atoms with E-state index in [1.807, 2.05) is 44.1 Å². The normalized spacial score (nSPS) is 10.5. The molecular formula is C11H14N4. The number of imidazole rings is 1. The third-order valence-electron chi connectivity index (χ3n) is 2.26. The summed E-state index contributed by atoms with van der Waals surface area (Å²) in [7, 11) is 1.93. The van der Waals surface area contributed by atoms with Crippen LogP contribution in [0, 0.1) is 0 Å². The summed E-state index contributed by atoms with van der Waals surface area (Å²) in [4.78, 5) is 8.14. The lowest BCUT2D eigenvalue weighted by Crippen LogP contribution is -2.11. The van der Waals surface area contributed by atoms with Crippen molar-refractivity contribution in [2.45, 2.75) is 13.1 Å². The van der Waals surface area contributed by atoms with Gasteiger partial charge in [0.2, 0.25) is 0 Å². The predicted molar refractivity (Wildman–Crippen MR) is 58.3 cm³/mol. The Bertz CT molecular complexity index is 408. The van der Waals surface area contributed by atoms with E-state index in [-0.39, 0.29) is 0 Å². The van der Waals surface area contributed by atoms with Gasteiger partial charge in [-0.2, -0.15) is 0 Å². The fourth-order valence-electron chi connectivity index (χ4n) is 1.50. The van der Waals surface area contributed by atoms with Crippen LogP contribution in [0.15, 0.2) is 37.1 Å². The van der Waals surface area contributed by atoms with Crippen molar-refractivity contribution in [3.8, 4) is 0 Å². The van der Waals surface area contributed by atoms with Gasteiger partial charge in [-0.25, -0.2) is 4.98 Å². The monoisotopic (exact) mass is 202 g/mol. The summed E-state index contributed by atoms with van der Waals surface area (Å²) in [5.74, 6) is 0. The summed E-state index contributed by atoms with van der Waals surface area (Å²) in [6.07, 6.45) is 7.36. The smallest absolute Gasteiger partial charge is 0.0951 e. The Balaban J connectivity index is 2.14. The van der Waals surface area contributed by atoms with E-state index in [2.05, 4.69) is 19.9 Å². The van der Waals surface area contributed by atoms with Crippen LogP contribution in [0.4, 0.5) is 0 Å². The maximum absolute atomic E-state index is 4.14. The Morgan fingerprint density at radius 3 is 2.80 bits per heavy atom. The van der Waals surface area contributed by atoms with E-state index in [9.17, 15) is 0 Å². The molecule has 1 N–H and O–H groups in total. The lowest BCUT2D eigenvalue weighted by molar-refractivity contribution is 0.692. The van der Waals surface area contributed by atoms with Crippen LogP contribution in [-0.4, -0.2) is 21.6 Å². The lowest BCUT2D eigenvalue weighted by Gasteiger charge is -2.07. The molecule has 0 aliphatic rings. The van der Waals surface area contributed by atoms with Crippen LogP contribution in [0.25, 0.3) is 0 Å². The SMILES string of the molecule is CNCc1cncn1Cc1ccncc1. The molecule has 4 nitrogen and oxygen atoms in total. The van der Waals surface area contributed by atoms with Gasteiger partial charge >= 0.3 is 0 Å². The summed E-state index contributed by atoms with van der Waals surface area (Å²) in [6.45, 7) is 1.69. The minimum atomic E-state index is 0.838. The van der Waals surface area contributed by atoms with Crippen molar-refractivity contribution in [2.75, 3.05) is 7.05 Å². The van der Waals surface area contributed by atoms with Crippen LogP contribution in [0.1, 0.15) is 11.3 Å². The molecule has 0 radical (unpaired) electrons. The Hall–Kier alpha value is -1.68. The first-order valence-electron chi connectivity index (χ1n) is 4.92. The second-order valence-electron chi connectivity index (χ2n) is 3.40. The van der Waals surface area contributed by atoms with Crippen LogP contribution in [0.3, 0.4) is 0 Å². The third kappa shape index (κ3) is 2.41. The van der Waals surface area contributed by atoms with Gasteiger partial charge < -0.3 is 9.88 Å². The molecule has 0 aliphatic carbocycles. The summed E-state index contributed by atoms with van der Waals surface area (Å²) in [5.41, 5.74) is 2.43. The summed E-state index contributed by atoms with van der Waals surface area (Å²) in [5, 5.41) is 3.12. The van der Waals surface area contributed by atoms with Crippen LogP contribution in [0.5, 0.6) is 0 Å². The van der Waals surface area contributed by atoms with E-state index in [4.69, 9.17) is 0 Å². The van der Waals surface area contributed by atoms with Crippen molar-refractivity contribution in [3.05, 3.63) is 48.3 Å². The molecule has 0 atom stereocenters. The molecule has 0 spiro atoms. The van der Waals surface area contributed by atoms with Crippen LogP contribution in [0.2, 0.25) is 0 Å². The van der Waals surface area contributed by atoms with Gasteiger partial charge in [0.05, 0.1) is 12.0 Å². The molecule has 78 valence electrons. The standard InChI is InChI=1S/C11H14N4/c1-12-6-11-7-14-9-15(11)8-10-2-4-13-5-3-10/h2-5,7,9,12H,6,8H2,1H3. The Morgan fingerprint density at radius 2 is 2.07 bits per heavy atom. The summed E-state index contributed by atoms with van der Waals surface area (Å²) < 4.78 is 2.13. The average Bonchev–Trinajstić information content (AvgIpc) is 2.68. The molecule has 0 fully saturated rings. The first-order chi connectivity index (χ1) is 7.40. The summed E-state index contributed by atoms with van der Waals surface area (Å²) >= 11 is 0. The largest absolute Gasteiger partial charge is 0.329 e. The second kappa shape index (κ2) is 4.70. The molecule has 0 saturated carbocycles. The zero-order valence-electron chi connectivity index (χ0n) is 8.72. The topological polar surface area (TPSA) is 42.7 Å². The first-order valence-corrected chi connectivity index (χ1v) is 4.92. The number of hydrogen-bond donors (Lipinski definition) is 1. The number of hydrogen-bond acceptors (Lipinski definition) is 3. The fourth-order valence-corrected chi connectivity index (χ4v) is 1.50. The highest BCUT2D eigenvalue weighted by Crippen LogP contribution is 2.04. The molecule has 0 aliphatic heterocycles. The van der Waals surface area contributed by atoms with Crippen molar-refractivity contribution in [2.24, 2.45) is 0 Å². The zero-order valence-corrected chi connectivity index (χ0v) is 8.72. The Kier molecular flexibility index (Phi) is 3.09. The van der Waals surface area contributed by atoms with E-state index in [1.54, 1.807) is 0 Å². The Morgan fingerprint density at radius 1 is 1.27 bits per heavy atom. The van der Waals surface area contributed by atoms with Gasteiger partial charge in [0.25, 0.3) is 0 Å². The molecule has 0 unspecified atom stereocenters. The maximum Gasteiger partial charge on any atom is 0.0951 e. The predicted octanol–water partition coefficient (Wildman–Crippen LogP) is 1.05. The molecule has 0 amide bonds. The van der Waals surface area contributed by atoms with Crippen LogP contribution < -0.4 is 5.32 Å². The highest BCUT2D eigenvalue weighted by atomic mass is 15.1. The van der Waals surface area contributed by atoms with Crippen molar-refractivity contribution in [1.29, 1.82) is 0 Å². The lowest BCUT2D eigenvalue weighted by atomic mass is 10.2. The third-order valence-corrected chi connectivity index (χ3v) is 2.26. The van der Waals surface area contributed by atoms with Gasteiger partial charge in [-0.15, -0.1) is 0 Å². The molecule has 2 rings (SSSR count). The minimum Gasteiger partial charge on any atom is -0.329 e. The first kappa shape index (κ1) is 9.86. The second-order valence-corrected chi connectivity index (χ2v) is 3.40. The van der Waals surface area contributed by atoms with Crippen LogP contribution in [-0.2, 0) is 13.1 Å². The zero-order chi connectivity index (χ0) is 10.5. The highest BCUT2D eigenvalue weighted by molar-refractivity contribution is 5.12. The van der Waals surface area contributed by atoms with Crippen molar-refractivity contribution >= 4 is 0 Å². The number of nitrogens with zero attached hydrogens (tertiary/aromatic N) is 3. The van der Waals surface area contributed by atoms with Crippen molar-refractivity contribution in [1.82, 2.24) is 19.9 Å². The van der Waals surface area contributed by atoms with Gasteiger partial charge in [0.15, 0.2) is 0 Å². The Labute approximate surface area is 89.0 Å². The molecule has 0 bridgehead atoms.